The zero-order chi connectivity index (χ0) is 21.5. The molecular weight excluding hydrogens is 380 g/mol. The SMILES string of the molecule is CCC(=O)N(c1ccc(OC)cc1)C1CCN(Cc2cccc(OC)c2OC)CC1. The van der Waals surface area contributed by atoms with Gasteiger partial charge < -0.3 is 19.1 Å². The Balaban J connectivity index is 1.69. The van der Waals surface area contributed by atoms with E-state index in [0.717, 1.165) is 61.0 Å². The Morgan fingerprint density at radius 1 is 1.00 bits per heavy atom. The van der Waals surface area contributed by atoms with Gasteiger partial charge in [0, 0.05) is 43.3 Å². The molecule has 1 fully saturated rings. The molecule has 1 aliphatic rings. The van der Waals surface area contributed by atoms with E-state index >= 15 is 0 Å². The summed E-state index contributed by atoms with van der Waals surface area (Å²) < 4.78 is 16.3. The molecule has 0 radical (unpaired) electrons. The van der Waals surface area contributed by atoms with Crippen molar-refractivity contribution in [3.63, 3.8) is 0 Å². The van der Waals surface area contributed by atoms with Crippen LogP contribution in [-0.2, 0) is 11.3 Å². The Bertz CT molecular complexity index is 830. The molecule has 3 rings (SSSR count). The molecule has 1 amide bonds. The fraction of sp³-hybridized carbons (Fsp3) is 0.458. The maximum Gasteiger partial charge on any atom is 0.226 e. The number of methoxy groups -OCH3 is 3. The number of para-hydroxylation sites is 1. The fourth-order valence-corrected chi connectivity index (χ4v) is 4.13. The molecule has 2 aromatic carbocycles. The predicted octanol–water partition coefficient (Wildman–Crippen LogP) is 4.12. The van der Waals surface area contributed by atoms with Crippen molar-refractivity contribution >= 4 is 11.6 Å². The average molecular weight is 413 g/mol. The first-order chi connectivity index (χ1) is 14.6. The van der Waals surface area contributed by atoms with Gasteiger partial charge in [-0.3, -0.25) is 9.69 Å². The van der Waals surface area contributed by atoms with Gasteiger partial charge >= 0.3 is 0 Å². The number of ether oxygens (including phenoxy) is 3. The molecule has 0 N–H and O–H groups in total. The quantitative estimate of drug-likeness (QED) is 0.653. The van der Waals surface area contributed by atoms with E-state index < -0.39 is 0 Å². The third-order valence-electron chi connectivity index (χ3n) is 5.72. The second-order valence-corrected chi connectivity index (χ2v) is 7.48. The molecule has 6 heteroatoms. The number of piperidine rings is 1. The smallest absolute Gasteiger partial charge is 0.226 e. The molecule has 1 aliphatic heterocycles. The monoisotopic (exact) mass is 412 g/mol. The van der Waals surface area contributed by atoms with Crippen molar-refractivity contribution in [1.29, 1.82) is 0 Å². The van der Waals surface area contributed by atoms with Crippen molar-refractivity contribution in [3.05, 3.63) is 48.0 Å². The third kappa shape index (κ3) is 4.87. The highest BCUT2D eigenvalue weighted by Crippen LogP contribution is 2.33. The molecule has 1 saturated heterocycles. The first-order valence-electron chi connectivity index (χ1n) is 10.5. The first kappa shape index (κ1) is 22.0. The van der Waals surface area contributed by atoms with Crippen LogP contribution in [0.5, 0.6) is 17.2 Å². The second-order valence-electron chi connectivity index (χ2n) is 7.48. The van der Waals surface area contributed by atoms with E-state index in [1.165, 1.54) is 0 Å². The number of amides is 1. The largest absolute Gasteiger partial charge is 0.497 e. The molecule has 0 saturated carbocycles. The van der Waals surface area contributed by atoms with Gasteiger partial charge in [-0.2, -0.15) is 0 Å². The summed E-state index contributed by atoms with van der Waals surface area (Å²) in [4.78, 5) is 17.1. The zero-order valence-electron chi connectivity index (χ0n) is 18.4. The fourth-order valence-electron chi connectivity index (χ4n) is 4.13. The molecule has 0 aliphatic carbocycles. The van der Waals surface area contributed by atoms with E-state index in [1.807, 2.05) is 48.2 Å². The summed E-state index contributed by atoms with van der Waals surface area (Å²) in [6.45, 7) is 4.57. The lowest BCUT2D eigenvalue weighted by molar-refractivity contribution is -0.119. The predicted molar refractivity (Wildman–Crippen MR) is 119 cm³/mol. The Kier molecular flexibility index (Phi) is 7.57. The van der Waals surface area contributed by atoms with Gasteiger partial charge in [0.1, 0.15) is 5.75 Å². The maximum absolute atomic E-state index is 12.7. The van der Waals surface area contributed by atoms with E-state index in [0.29, 0.717) is 6.42 Å². The van der Waals surface area contributed by atoms with Crippen LogP contribution >= 0.6 is 0 Å². The Hall–Kier alpha value is -2.73. The highest BCUT2D eigenvalue weighted by atomic mass is 16.5. The van der Waals surface area contributed by atoms with Crippen LogP contribution in [0.1, 0.15) is 31.7 Å². The molecule has 162 valence electrons. The van der Waals surface area contributed by atoms with Crippen LogP contribution in [0.3, 0.4) is 0 Å². The molecule has 0 atom stereocenters. The standard InChI is InChI=1S/C24H32N2O4/c1-5-23(27)26(19-9-11-21(28-2)12-10-19)20-13-15-25(16-14-20)17-18-7-6-8-22(29-3)24(18)30-4/h6-12,20H,5,13-17H2,1-4H3. The molecular formula is C24H32N2O4. The van der Waals surface area contributed by atoms with Crippen LogP contribution in [-0.4, -0.2) is 51.3 Å². The lowest BCUT2D eigenvalue weighted by atomic mass is 10.0. The van der Waals surface area contributed by atoms with E-state index in [2.05, 4.69) is 11.0 Å². The van der Waals surface area contributed by atoms with E-state index in [-0.39, 0.29) is 11.9 Å². The van der Waals surface area contributed by atoms with Crippen LogP contribution < -0.4 is 19.1 Å². The number of nitrogens with zero attached hydrogens (tertiary/aromatic N) is 2. The second kappa shape index (κ2) is 10.3. The number of carbonyl (C=O) groups excluding carboxylic acids is 1. The summed E-state index contributed by atoms with van der Waals surface area (Å²) in [6, 6.07) is 14.0. The number of hydrogen-bond donors (Lipinski definition) is 0. The topological polar surface area (TPSA) is 51.2 Å². The minimum Gasteiger partial charge on any atom is -0.497 e. The van der Waals surface area contributed by atoms with Gasteiger partial charge in [-0.25, -0.2) is 0 Å². The Morgan fingerprint density at radius 2 is 1.70 bits per heavy atom. The van der Waals surface area contributed by atoms with Crippen molar-refractivity contribution in [2.75, 3.05) is 39.3 Å². The molecule has 0 aromatic heterocycles. The average Bonchev–Trinajstić information content (AvgIpc) is 2.80. The van der Waals surface area contributed by atoms with Crippen molar-refractivity contribution in [3.8, 4) is 17.2 Å². The number of anilines is 1. The normalized spacial score (nSPS) is 14.9. The molecule has 2 aromatic rings. The minimum absolute atomic E-state index is 0.160. The number of rotatable bonds is 8. The van der Waals surface area contributed by atoms with Gasteiger partial charge in [-0.1, -0.05) is 19.1 Å². The molecule has 30 heavy (non-hydrogen) atoms. The van der Waals surface area contributed by atoms with Gasteiger partial charge in [0.2, 0.25) is 5.91 Å². The summed E-state index contributed by atoms with van der Waals surface area (Å²) in [5, 5.41) is 0. The molecule has 1 heterocycles. The zero-order valence-corrected chi connectivity index (χ0v) is 18.4. The lowest BCUT2D eigenvalue weighted by Gasteiger charge is -2.38. The molecule has 0 spiro atoms. The Morgan fingerprint density at radius 3 is 2.27 bits per heavy atom. The van der Waals surface area contributed by atoms with Crippen molar-refractivity contribution in [1.82, 2.24) is 4.90 Å². The van der Waals surface area contributed by atoms with Crippen LogP contribution in [0, 0.1) is 0 Å². The van der Waals surface area contributed by atoms with Crippen LogP contribution in [0.4, 0.5) is 5.69 Å². The third-order valence-corrected chi connectivity index (χ3v) is 5.72. The Labute approximate surface area is 179 Å². The van der Waals surface area contributed by atoms with Crippen LogP contribution in [0.2, 0.25) is 0 Å². The highest BCUT2D eigenvalue weighted by molar-refractivity contribution is 5.93. The van der Waals surface area contributed by atoms with Crippen molar-refractivity contribution in [2.45, 2.75) is 38.8 Å². The van der Waals surface area contributed by atoms with E-state index in [1.54, 1.807) is 21.3 Å². The molecule has 0 unspecified atom stereocenters. The van der Waals surface area contributed by atoms with Gasteiger partial charge in [-0.05, 0) is 43.2 Å². The number of carbonyl (C=O) groups is 1. The first-order valence-corrected chi connectivity index (χ1v) is 10.5. The van der Waals surface area contributed by atoms with Crippen molar-refractivity contribution in [2.24, 2.45) is 0 Å². The maximum atomic E-state index is 12.7. The highest BCUT2D eigenvalue weighted by Gasteiger charge is 2.29. The number of likely N-dealkylation sites (tertiary alicyclic amines) is 1. The van der Waals surface area contributed by atoms with Crippen LogP contribution in [0.25, 0.3) is 0 Å². The number of benzene rings is 2. The van der Waals surface area contributed by atoms with Gasteiger partial charge in [-0.15, -0.1) is 0 Å². The van der Waals surface area contributed by atoms with E-state index in [4.69, 9.17) is 14.2 Å². The number of hydrogen-bond acceptors (Lipinski definition) is 5. The summed E-state index contributed by atoms with van der Waals surface area (Å²) in [6.07, 6.45) is 2.36. The summed E-state index contributed by atoms with van der Waals surface area (Å²) in [5.74, 6) is 2.50. The van der Waals surface area contributed by atoms with Crippen LogP contribution in [0.15, 0.2) is 42.5 Å². The van der Waals surface area contributed by atoms with Gasteiger partial charge in [0.25, 0.3) is 0 Å². The lowest BCUT2D eigenvalue weighted by Crippen LogP contribution is -2.47. The summed E-state index contributed by atoms with van der Waals surface area (Å²) in [7, 11) is 4.99. The van der Waals surface area contributed by atoms with Gasteiger partial charge in [0.15, 0.2) is 11.5 Å². The minimum atomic E-state index is 0.160. The van der Waals surface area contributed by atoms with Gasteiger partial charge in [0.05, 0.1) is 21.3 Å². The molecule has 6 nitrogen and oxygen atoms in total. The summed E-state index contributed by atoms with van der Waals surface area (Å²) in [5.41, 5.74) is 2.06. The van der Waals surface area contributed by atoms with Crippen molar-refractivity contribution < 1.29 is 19.0 Å². The molecule has 0 bridgehead atoms. The summed E-state index contributed by atoms with van der Waals surface area (Å²) >= 11 is 0. The van der Waals surface area contributed by atoms with E-state index in [9.17, 15) is 4.79 Å².